The zero-order valence-corrected chi connectivity index (χ0v) is 10.7. The molecule has 1 aromatic rings. The molecule has 0 saturated carbocycles. The molecule has 0 fully saturated rings. The number of nitrogens with zero attached hydrogens (tertiary/aromatic N) is 1. The van der Waals surface area contributed by atoms with Gasteiger partial charge in [0.05, 0.1) is 11.3 Å². The second-order valence-corrected chi connectivity index (χ2v) is 6.06. The minimum atomic E-state index is -1.24. The minimum absolute atomic E-state index is 0.0218. The summed E-state index contributed by atoms with van der Waals surface area (Å²) >= 11 is 0. The van der Waals surface area contributed by atoms with Crippen LogP contribution in [0.4, 0.5) is 4.39 Å². The number of hydrogen-bond donors (Lipinski definition) is 1. The predicted octanol–water partition coefficient (Wildman–Crippen LogP) is 1.68. The molecule has 1 aromatic carbocycles. The third-order valence-electron chi connectivity index (χ3n) is 2.05. The molecule has 0 aliphatic heterocycles. The van der Waals surface area contributed by atoms with Crippen LogP contribution in [0.3, 0.4) is 0 Å². The Bertz CT molecular complexity index is 474. The molecule has 0 amide bonds. The molecule has 92 valence electrons. The molecule has 1 atom stereocenters. The van der Waals surface area contributed by atoms with Crippen molar-refractivity contribution >= 4 is 10.8 Å². The quantitative estimate of drug-likeness (QED) is 0.889. The standard InChI is InChI=1S/C12H15FN2OS/c1-12(2,15)8-17(16)7-10-5-3-4-9(6-14)11(10)13/h3-5H,7-8,15H2,1-2H3. The third-order valence-corrected chi connectivity index (χ3v) is 3.75. The molecule has 0 aromatic heterocycles. The van der Waals surface area contributed by atoms with Crippen molar-refractivity contribution in [2.45, 2.75) is 25.1 Å². The SMILES string of the molecule is CC(C)(N)CS(=O)Cc1cccc(C#N)c1F. The zero-order chi connectivity index (χ0) is 13.1. The highest BCUT2D eigenvalue weighted by Gasteiger charge is 2.17. The summed E-state index contributed by atoms with van der Waals surface area (Å²) in [5.41, 5.74) is 5.47. The molecule has 0 heterocycles. The van der Waals surface area contributed by atoms with Crippen LogP contribution in [0.15, 0.2) is 18.2 Å². The lowest BCUT2D eigenvalue weighted by molar-refractivity contribution is 0.575. The van der Waals surface area contributed by atoms with E-state index in [1.165, 1.54) is 12.1 Å². The van der Waals surface area contributed by atoms with Gasteiger partial charge >= 0.3 is 0 Å². The molecule has 1 rings (SSSR count). The molecule has 0 bridgehead atoms. The Morgan fingerprint density at radius 3 is 2.71 bits per heavy atom. The van der Waals surface area contributed by atoms with Gasteiger partial charge in [-0.25, -0.2) is 4.39 Å². The highest BCUT2D eigenvalue weighted by molar-refractivity contribution is 7.84. The van der Waals surface area contributed by atoms with E-state index in [0.717, 1.165) is 0 Å². The van der Waals surface area contributed by atoms with Gasteiger partial charge in [-0.1, -0.05) is 12.1 Å². The normalized spacial score (nSPS) is 13.1. The van der Waals surface area contributed by atoms with Gasteiger partial charge in [0.15, 0.2) is 0 Å². The molecule has 0 radical (unpaired) electrons. The predicted molar refractivity (Wildman–Crippen MR) is 66.1 cm³/mol. The topological polar surface area (TPSA) is 66.9 Å². The van der Waals surface area contributed by atoms with Crippen LogP contribution in [-0.2, 0) is 16.6 Å². The van der Waals surface area contributed by atoms with Crippen LogP contribution in [-0.4, -0.2) is 15.5 Å². The summed E-state index contributed by atoms with van der Waals surface area (Å²) in [4.78, 5) is 0. The van der Waals surface area contributed by atoms with Crippen molar-refractivity contribution < 1.29 is 8.60 Å². The first kappa shape index (κ1) is 13.8. The van der Waals surface area contributed by atoms with Crippen LogP contribution in [0, 0.1) is 17.1 Å². The fourth-order valence-electron chi connectivity index (χ4n) is 1.42. The Labute approximate surface area is 103 Å². The number of halogens is 1. The maximum atomic E-state index is 13.7. The summed E-state index contributed by atoms with van der Waals surface area (Å²) in [7, 11) is -1.24. The Balaban J connectivity index is 2.83. The molecule has 5 heteroatoms. The van der Waals surface area contributed by atoms with E-state index in [9.17, 15) is 8.60 Å². The van der Waals surface area contributed by atoms with Gasteiger partial charge in [0.25, 0.3) is 0 Å². The molecule has 0 spiro atoms. The number of rotatable bonds is 4. The van der Waals surface area contributed by atoms with Crippen LogP contribution in [0.5, 0.6) is 0 Å². The van der Waals surface area contributed by atoms with E-state index in [0.29, 0.717) is 11.3 Å². The van der Waals surface area contributed by atoms with E-state index in [4.69, 9.17) is 11.0 Å². The summed E-state index contributed by atoms with van der Waals surface area (Å²) in [5.74, 6) is -0.205. The maximum Gasteiger partial charge on any atom is 0.145 e. The molecule has 0 aliphatic carbocycles. The average molecular weight is 254 g/mol. The first-order valence-electron chi connectivity index (χ1n) is 5.15. The van der Waals surface area contributed by atoms with Crippen LogP contribution >= 0.6 is 0 Å². The van der Waals surface area contributed by atoms with E-state index in [-0.39, 0.29) is 11.3 Å². The van der Waals surface area contributed by atoms with Gasteiger partial charge in [-0.05, 0) is 19.9 Å². The molecule has 2 N–H and O–H groups in total. The van der Waals surface area contributed by atoms with Crippen molar-refractivity contribution in [2.75, 3.05) is 5.75 Å². The monoisotopic (exact) mass is 254 g/mol. The van der Waals surface area contributed by atoms with Gasteiger partial charge in [0.2, 0.25) is 0 Å². The first-order valence-corrected chi connectivity index (χ1v) is 6.63. The lowest BCUT2D eigenvalue weighted by Crippen LogP contribution is -2.38. The molecular formula is C12H15FN2OS. The van der Waals surface area contributed by atoms with Crippen LogP contribution in [0.25, 0.3) is 0 Å². The number of nitriles is 1. The van der Waals surface area contributed by atoms with E-state index >= 15 is 0 Å². The molecule has 0 aliphatic rings. The Kier molecular flexibility index (Phi) is 4.38. The van der Waals surface area contributed by atoms with Crippen molar-refractivity contribution in [3.63, 3.8) is 0 Å². The molecule has 17 heavy (non-hydrogen) atoms. The number of nitrogens with two attached hydrogens (primary N) is 1. The molecule has 0 saturated heterocycles. The van der Waals surface area contributed by atoms with Gasteiger partial charge in [0, 0.05) is 27.7 Å². The Morgan fingerprint density at radius 1 is 1.53 bits per heavy atom. The third kappa shape index (κ3) is 4.25. The van der Waals surface area contributed by atoms with Gasteiger partial charge in [0.1, 0.15) is 11.9 Å². The summed E-state index contributed by atoms with van der Waals surface area (Å²) < 4.78 is 25.4. The second kappa shape index (κ2) is 5.39. The summed E-state index contributed by atoms with van der Waals surface area (Å²) in [6.07, 6.45) is 0. The molecular weight excluding hydrogens is 239 g/mol. The highest BCUT2D eigenvalue weighted by Crippen LogP contribution is 2.15. The van der Waals surface area contributed by atoms with Crippen molar-refractivity contribution in [3.8, 4) is 6.07 Å². The van der Waals surface area contributed by atoms with Crippen LogP contribution in [0.2, 0.25) is 0 Å². The fraction of sp³-hybridized carbons (Fsp3) is 0.417. The largest absolute Gasteiger partial charge is 0.325 e. The van der Waals surface area contributed by atoms with E-state index < -0.39 is 22.2 Å². The van der Waals surface area contributed by atoms with Crippen LogP contribution < -0.4 is 5.73 Å². The zero-order valence-electron chi connectivity index (χ0n) is 9.87. The van der Waals surface area contributed by atoms with Gasteiger partial charge in [-0.3, -0.25) is 4.21 Å². The average Bonchev–Trinajstić information content (AvgIpc) is 2.18. The molecule has 1 unspecified atom stereocenters. The Hall–Kier alpha value is -1.25. The van der Waals surface area contributed by atoms with Gasteiger partial charge < -0.3 is 5.73 Å². The van der Waals surface area contributed by atoms with Gasteiger partial charge in [-0.2, -0.15) is 5.26 Å². The summed E-state index contributed by atoms with van der Waals surface area (Å²) in [6, 6.07) is 6.28. The number of hydrogen-bond acceptors (Lipinski definition) is 3. The van der Waals surface area contributed by atoms with E-state index in [2.05, 4.69) is 0 Å². The first-order chi connectivity index (χ1) is 7.83. The van der Waals surface area contributed by atoms with E-state index in [1.54, 1.807) is 26.0 Å². The highest BCUT2D eigenvalue weighted by atomic mass is 32.2. The lowest BCUT2D eigenvalue weighted by atomic mass is 10.1. The summed E-state index contributed by atoms with van der Waals surface area (Å²) in [5, 5.41) is 8.68. The lowest BCUT2D eigenvalue weighted by Gasteiger charge is -2.17. The van der Waals surface area contributed by atoms with Crippen molar-refractivity contribution in [1.29, 1.82) is 5.26 Å². The maximum absolute atomic E-state index is 13.7. The van der Waals surface area contributed by atoms with Crippen LogP contribution in [0.1, 0.15) is 25.0 Å². The van der Waals surface area contributed by atoms with Crippen molar-refractivity contribution in [2.24, 2.45) is 5.73 Å². The number of benzene rings is 1. The second-order valence-electron chi connectivity index (χ2n) is 4.61. The minimum Gasteiger partial charge on any atom is -0.325 e. The Morgan fingerprint density at radius 2 is 2.18 bits per heavy atom. The van der Waals surface area contributed by atoms with E-state index in [1.807, 2.05) is 0 Å². The summed E-state index contributed by atoms with van der Waals surface area (Å²) in [6.45, 7) is 3.54. The van der Waals surface area contributed by atoms with Crippen molar-refractivity contribution in [1.82, 2.24) is 0 Å². The smallest absolute Gasteiger partial charge is 0.145 e. The van der Waals surface area contributed by atoms with Crippen molar-refractivity contribution in [3.05, 3.63) is 35.1 Å². The molecule has 3 nitrogen and oxygen atoms in total. The van der Waals surface area contributed by atoms with Gasteiger partial charge in [-0.15, -0.1) is 0 Å². The fourth-order valence-corrected chi connectivity index (χ4v) is 2.92.